The molecule has 0 unspecified atom stereocenters. The lowest BCUT2D eigenvalue weighted by molar-refractivity contribution is 0.389. The van der Waals surface area contributed by atoms with Crippen LogP contribution in [0.4, 0.5) is 0 Å². The molecule has 5 rings (SSSR count). The van der Waals surface area contributed by atoms with Crippen molar-refractivity contribution in [3.63, 3.8) is 0 Å². The molecule has 4 aromatic rings. The number of aromatic hydroxyl groups is 2. The van der Waals surface area contributed by atoms with Gasteiger partial charge in [0.05, 0.1) is 14.2 Å². The molecule has 4 nitrogen and oxygen atoms in total. The lowest BCUT2D eigenvalue weighted by Crippen LogP contribution is -2.20. The summed E-state index contributed by atoms with van der Waals surface area (Å²) in [7, 11) is 3.53. The lowest BCUT2D eigenvalue weighted by atomic mass is 9.73. The maximum atomic E-state index is 12.7. The Morgan fingerprint density at radius 1 is 0.429 bits per heavy atom. The number of hydrogen-bond acceptors (Lipinski definition) is 4. The fraction of sp³-hybridized carbons (Fsp3) is 0.538. The second kappa shape index (κ2) is 15.1. The van der Waals surface area contributed by atoms with Crippen LogP contribution >= 0.6 is 0 Å². The summed E-state index contributed by atoms with van der Waals surface area (Å²) >= 11 is 0. The molecule has 4 aromatic carbocycles. The summed E-state index contributed by atoms with van der Waals surface area (Å²) in [6, 6.07) is 18.1. The topological polar surface area (TPSA) is 58.9 Å². The third-order valence-corrected chi connectivity index (χ3v) is 12.1. The summed E-state index contributed by atoms with van der Waals surface area (Å²) in [6.07, 6.45) is 0.976. The number of benzene rings is 4. The van der Waals surface area contributed by atoms with Crippen molar-refractivity contribution in [3.05, 3.63) is 115 Å². The minimum absolute atomic E-state index is 0.126. The van der Waals surface area contributed by atoms with Crippen molar-refractivity contribution in [1.82, 2.24) is 0 Å². The molecule has 0 fully saturated rings. The van der Waals surface area contributed by atoms with E-state index in [2.05, 4.69) is 159 Å². The predicted molar refractivity (Wildman–Crippen MR) is 236 cm³/mol. The highest BCUT2D eigenvalue weighted by Gasteiger charge is 2.35. The second-order valence-electron chi connectivity index (χ2n) is 21.5. The van der Waals surface area contributed by atoms with Crippen molar-refractivity contribution in [3.8, 4) is 23.0 Å². The first-order valence-corrected chi connectivity index (χ1v) is 20.8. The average Bonchev–Trinajstić information content (AvgIpc) is 3.05. The molecule has 1 aliphatic rings. The minimum Gasteiger partial charge on any atom is -0.507 e. The van der Waals surface area contributed by atoms with Gasteiger partial charge in [0.15, 0.2) is 0 Å². The van der Waals surface area contributed by atoms with Crippen LogP contribution in [0.2, 0.25) is 0 Å². The molecule has 0 aliphatic heterocycles. The lowest BCUT2D eigenvalue weighted by Gasteiger charge is -2.33. The maximum absolute atomic E-state index is 12.7. The molecule has 0 saturated heterocycles. The van der Waals surface area contributed by atoms with Crippen LogP contribution in [0.1, 0.15) is 189 Å². The van der Waals surface area contributed by atoms with Crippen LogP contribution in [0.5, 0.6) is 23.0 Å². The van der Waals surface area contributed by atoms with Crippen molar-refractivity contribution < 1.29 is 19.7 Å². The summed E-state index contributed by atoms with van der Waals surface area (Å²) in [6.45, 7) is 36.0. The molecule has 8 bridgehead atoms. The van der Waals surface area contributed by atoms with Crippen molar-refractivity contribution in [1.29, 1.82) is 0 Å². The predicted octanol–water partition coefficient (Wildman–Crippen LogP) is 13.4. The Morgan fingerprint density at radius 3 is 0.911 bits per heavy atom. The number of hydrogen-bond donors (Lipinski definition) is 2. The van der Waals surface area contributed by atoms with Crippen LogP contribution in [0, 0.1) is 11.8 Å². The van der Waals surface area contributed by atoms with Gasteiger partial charge in [0.1, 0.15) is 23.0 Å². The Balaban J connectivity index is 2.08. The van der Waals surface area contributed by atoms with E-state index in [9.17, 15) is 10.2 Å². The first-order valence-electron chi connectivity index (χ1n) is 20.8. The van der Waals surface area contributed by atoms with E-state index in [-0.39, 0.29) is 45.3 Å². The van der Waals surface area contributed by atoms with Crippen LogP contribution in [0.3, 0.4) is 0 Å². The van der Waals surface area contributed by atoms with E-state index < -0.39 is 0 Å². The minimum atomic E-state index is -0.172. The highest BCUT2D eigenvalue weighted by Crippen LogP contribution is 2.51. The molecule has 0 saturated carbocycles. The quantitative estimate of drug-likeness (QED) is 0.217. The van der Waals surface area contributed by atoms with Crippen LogP contribution in [-0.2, 0) is 34.5 Å². The van der Waals surface area contributed by atoms with Gasteiger partial charge in [-0.15, -0.1) is 0 Å². The molecule has 304 valence electrons. The van der Waals surface area contributed by atoms with E-state index in [0.717, 1.165) is 56.0 Å². The summed E-state index contributed by atoms with van der Waals surface area (Å²) in [4.78, 5) is 0. The molecule has 56 heavy (non-hydrogen) atoms. The number of methoxy groups -OCH3 is 2. The number of phenolic OH excluding ortho intramolecular Hbond substituents is 2. The Labute approximate surface area is 340 Å². The number of fused-ring (bicyclic) bond motifs is 8. The van der Waals surface area contributed by atoms with Gasteiger partial charge >= 0.3 is 0 Å². The van der Waals surface area contributed by atoms with E-state index in [4.69, 9.17) is 9.47 Å². The van der Waals surface area contributed by atoms with Gasteiger partial charge in [-0.25, -0.2) is 0 Å². The average molecular weight is 761 g/mol. The summed E-state index contributed by atoms with van der Waals surface area (Å²) < 4.78 is 13.0. The Hall–Kier alpha value is -3.92. The fourth-order valence-electron chi connectivity index (χ4n) is 8.74. The van der Waals surface area contributed by atoms with Crippen LogP contribution in [0.25, 0.3) is 0 Å². The fourth-order valence-corrected chi connectivity index (χ4v) is 8.74. The molecule has 0 aromatic heterocycles. The van der Waals surface area contributed by atoms with E-state index >= 15 is 0 Å². The zero-order chi connectivity index (χ0) is 42.0. The Bertz CT molecular complexity index is 1940. The highest BCUT2D eigenvalue weighted by atomic mass is 16.5. The molecule has 1 aliphatic carbocycles. The third kappa shape index (κ3) is 8.37. The molecule has 0 radical (unpaired) electrons. The van der Waals surface area contributed by atoms with Gasteiger partial charge in [0, 0.05) is 46.9 Å². The molecular weight excluding hydrogens is 689 g/mol. The smallest absolute Gasteiger partial charge is 0.126 e. The maximum Gasteiger partial charge on any atom is 0.126 e. The second-order valence-corrected chi connectivity index (χ2v) is 21.5. The zero-order valence-electron chi connectivity index (χ0n) is 38.1. The standard InChI is InChI=1S/C52H72O4/c1-29(2)43-39-25-35(49(5,6)7)21-31(45(39)53)19-34-24-38(52(14,15)16)28-42(48(34)56-18)44(30(3)4)40-26-36(50(8,9)10)22-32(46(40)54)20-33-23-37(51(11,12)13)27-41(43)47(33)55-17/h21-30,43-44,53-54H,19-20H2,1-18H3/t43-,44-/m0/s1. The van der Waals surface area contributed by atoms with Gasteiger partial charge < -0.3 is 19.7 Å². The van der Waals surface area contributed by atoms with E-state index in [1.54, 1.807) is 14.2 Å². The van der Waals surface area contributed by atoms with Gasteiger partial charge in [-0.05, 0) is 78.0 Å². The normalized spacial score (nSPS) is 16.7. The zero-order valence-corrected chi connectivity index (χ0v) is 38.1. The van der Waals surface area contributed by atoms with Gasteiger partial charge in [0.25, 0.3) is 0 Å². The largest absolute Gasteiger partial charge is 0.507 e. The molecule has 4 heteroatoms. The molecule has 0 spiro atoms. The molecule has 0 heterocycles. The molecule has 2 atom stereocenters. The van der Waals surface area contributed by atoms with E-state index in [1.165, 1.54) is 22.3 Å². The monoisotopic (exact) mass is 761 g/mol. The Kier molecular flexibility index (Phi) is 11.7. The van der Waals surface area contributed by atoms with Crippen LogP contribution in [0.15, 0.2) is 48.5 Å². The third-order valence-electron chi connectivity index (χ3n) is 12.1. The van der Waals surface area contributed by atoms with Crippen molar-refractivity contribution in [2.75, 3.05) is 14.2 Å². The molecular formula is C52H72O4. The van der Waals surface area contributed by atoms with E-state index in [1.807, 2.05) is 0 Å². The first-order chi connectivity index (χ1) is 25.7. The Morgan fingerprint density at radius 2 is 0.679 bits per heavy atom. The van der Waals surface area contributed by atoms with Crippen LogP contribution < -0.4 is 9.47 Å². The number of rotatable bonds is 4. The summed E-state index contributed by atoms with van der Waals surface area (Å²) in [5.41, 5.74) is 11.9. The van der Waals surface area contributed by atoms with Gasteiger partial charge in [-0.3, -0.25) is 0 Å². The van der Waals surface area contributed by atoms with Crippen molar-refractivity contribution >= 4 is 0 Å². The number of phenols is 2. The van der Waals surface area contributed by atoms with Gasteiger partial charge in [-0.2, -0.15) is 0 Å². The van der Waals surface area contributed by atoms with Crippen molar-refractivity contribution in [2.24, 2.45) is 11.8 Å². The van der Waals surface area contributed by atoms with E-state index in [0.29, 0.717) is 24.3 Å². The van der Waals surface area contributed by atoms with Gasteiger partial charge in [0.2, 0.25) is 0 Å². The van der Waals surface area contributed by atoms with Crippen molar-refractivity contribution in [2.45, 2.75) is 157 Å². The highest BCUT2D eigenvalue weighted by molar-refractivity contribution is 5.62. The summed E-state index contributed by atoms with van der Waals surface area (Å²) in [5, 5.41) is 25.4. The SMILES string of the molecule is COc1c2cc(C(C)(C)C)cc1[C@@H](C(C)C)c1cc(C(C)(C)C)cc(c1O)Cc1cc(C(C)(C)C)cc(c1OC)[C@@H](C(C)C)c1cc(C(C)(C)C)cc(c1O)C2. The number of ether oxygens (including phenoxy) is 2. The molecule has 0 amide bonds. The molecule has 2 N–H and O–H groups in total. The van der Waals surface area contributed by atoms with Crippen LogP contribution in [-0.4, -0.2) is 24.4 Å². The summed E-state index contributed by atoms with van der Waals surface area (Å²) in [5.74, 6) is 2.20. The first kappa shape index (κ1) is 43.2. The van der Waals surface area contributed by atoms with Gasteiger partial charge in [-0.1, -0.05) is 159 Å².